The van der Waals surface area contributed by atoms with E-state index < -0.39 is 16.7 Å². The number of furan rings is 1. The van der Waals surface area contributed by atoms with Crippen LogP contribution in [0.3, 0.4) is 0 Å². The molecule has 1 aromatic heterocycles. The Labute approximate surface area is 137 Å². The lowest BCUT2D eigenvalue weighted by atomic mass is 10.1. The monoisotopic (exact) mass is 327 g/mol. The highest BCUT2D eigenvalue weighted by Crippen LogP contribution is 2.15. The number of nitro groups is 1. The minimum Gasteiger partial charge on any atom is -0.395 e. The molecule has 0 aliphatic heterocycles. The fourth-order valence-corrected chi connectivity index (χ4v) is 1.82. The van der Waals surface area contributed by atoms with E-state index >= 15 is 0 Å². The summed E-state index contributed by atoms with van der Waals surface area (Å²) in [5.74, 6) is 3.96. The van der Waals surface area contributed by atoms with Crippen molar-refractivity contribution >= 4 is 17.7 Å². The Balaban J connectivity index is 2.00. The summed E-state index contributed by atoms with van der Waals surface area (Å²) in [7, 11) is 1.52. The van der Waals surface area contributed by atoms with Gasteiger partial charge in [-0.15, -0.1) is 0 Å². The number of carbonyl (C=O) groups excluding carboxylic acids is 2. The molecular formula is C16H13N3O5. The molecule has 0 atom stereocenters. The maximum absolute atomic E-state index is 11.8. The highest BCUT2D eigenvalue weighted by atomic mass is 16.6. The number of amides is 2. The van der Waals surface area contributed by atoms with E-state index in [9.17, 15) is 19.7 Å². The molecule has 0 unspecified atom stereocenters. The van der Waals surface area contributed by atoms with Crippen molar-refractivity contribution in [3.63, 3.8) is 0 Å². The second kappa shape index (κ2) is 7.60. The Morgan fingerprint density at radius 2 is 1.96 bits per heavy atom. The lowest BCUT2D eigenvalue weighted by Crippen LogP contribution is -2.23. The molecule has 0 saturated heterocycles. The number of rotatable bonds is 4. The molecular weight excluding hydrogens is 314 g/mol. The molecule has 1 heterocycles. The molecule has 0 spiro atoms. The zero-order valence-electron chi connectivity index (χ0n) is 12.7. The number of hydrogen-bond donors (Lipinski definition) is 2. The second-order valence-electron chi connectivity index (χ2n) is 4.50. The van der Waals surface area contributed by atoms with Crippen molar-refractivity contribution < 1.29 is 18.9 Å². The number of nitrogens with zero attached hydrogens (tertiary/aromatic N) is 1. The summed E-state index contributed by atoms with van der Waals surface area (Å²) >= 11 is 0. The van der Waals surface area contributed by atoms with Crippen LogP contribution in [0.25, 0.3) is 0 Å². The van der Waals surface area contributed by atoms with Gasteiger partial charge in [-0.1, -0.05) is 24.0 Å². The van der Waals surface area contributed by atoms with Gasteiger partial charge in [0.15, 0.2) is 5.76 Å². The van der Waals surface area contributed by atoms with Gasteiger partial charge in [0, 0.05) is 12.6 Å². The molecule has 0 saturated carbocycles. The SMILES string of the molecule is CNC(=O)c1ccccc1C#CCNC(=O)c1ccc([N+](=O)[O-])o1. The van der Waals surface area contributed by atoms with Gasteiger partial charge in [-0.2, -0.15) is 0 Å². The van der Waals surface area contributed by atoms with Crippen LogP contribution in [0.5, 0.6) is 0 Å². The van der Waals surface area contributed by atoms with E-state index in [0.29, 0.717) is 11.1 Å². The molecule has 0 bridgehead atoms. The first-order valence-corrected chi connectivity index (χ1v) is 6.85. The van der Waals surface area contributed by atoms with Crippen LogP contribution in [0.15, 0.2) is 40.8 Å². The van der Waals surface area contributed by atoms with Gasteiger partial charge >= 0.3 is 5.88 Å². The summed E-state index contributed by atoms with van der Waals surface area (Å²) < 4.78 is 4.78. The summed E-state index contributed by atoms with van der Waals surface area (Å²) in [6.07, 6.45) is 0. The quantitative estimate of drug-likeness (QED) is 0.499. The van der Waals surface area contributed by atoms with Crippen molar-refractivity contribution in [3.8, 4) is 11.8 Å². The zero-order chi connectivity index (χ0) is 17.5. The maximum atomic E-state index is 11.8. The number of carbonyl (C=O) groups is 2. The van der Waals surface area contributed by atoms with Crippen molar-refractivity contribution in [2.75, 3.05) is 13.6 Å². The van der Waals surface area contributed by atoms with Crippen LogP contribution in [0.2, 0.25) is 0 Å². The fraction of sp³-hybridized carbons (Fsp3) is 0.125. The highest BCUT2D eigenvalue weighted by molar-refractivity contribution is 5.96. The van der Waals surface area contributed by atoms with Gasteiger partial charge < -0.3 is 15.1 Å². The van der Waals surface area contributed by atoms with Gasteiger partial charge in [0.05, 0.1) is 18.2 Å². The number of hydrogen-bond acceptors (Lipinski definition) is 5. The smallest absolute Gasteiger partial charge is 0.395 e. The average molecular weight is 327 g/mol. The van der Waals surface area contributed by atoms with Gasteiger partial charge in [0.2, 0.25) is 0 Å². The highest BCUT2D eigenvalue weighted by Gasteiger charge is 2.16. The predicted octanol–water partition coefficient (Wildman–Crippen LogP) is 1.33. The van der Waals surface area contributed by atoms with Crippen LogP contribution in [0.4, 0.5) is 5.88 Å². The first-order valence-electron chi connectivity index (χ1n) is 6.85. The lowest BCUT2D eigenvalue weighted by molar-refractivity contribution is -0.402. The minimum absolute atomic E-state index is 0.00455. The van der Waals surface area contributed by atoms with E-state index in [-0.39, 0.29) is 18.2 Å². The average Bonchev–Trinajstić information content (AvgIpc) is 3.08. The summed E-state index contributed by atoms with van der Waals surface area (Å²) in [5, 5.41) is 15.5. The van der Waals surface area contributed by atoms with Crippen molar-refractivity contribution in [2.45, 2.75) is 0 Å². The van der Waals surface area contributed by atoms with Crippen LogP contribution >= 0.6 is 0 Å². The fourth-order valence-electron chi connectivity index (χ4n) is 1.82. The summed E-state index contributed by atoms with van der Waals surface area (Å²) in [6, 6.07) is 9.11. The van der Waals surface area contributed by atoms with E-state index in [1.165, 1.54) is 13.1 Å². The minimum atomic E-state index is -0.730. The molecule has 0 aliphatic rings. The Morgan fingerprint density at radius 3 is 2.62 bits per heavy atom. The third-order valence-electron chi connectivity index (χ3n) is 2.95. The first kappa shape index (κ1) is 16.8. The number of nitrogens with one attached hydrogen (secondary N) is 2. The lowest BCUT2D eigenvalue weighted by Gasteiger charge is -2.02. The van der Waals surface area contributed by atoms with Gasteiger partial charge in [-0.25, -0.2) is 0 Å². The van der Waals surface area contributed by atoms with Gasteiger partial charge in [0.1, 0.15) is 4.92 Å². The molecule has 2 aromatic rings. The summed E-state index contributed by atoms with van der Waals surface area (Å²) in [6.45, 7) is -0.00455. The Kier molecular flexibility index (Phi) is 5.31. The summed E-state index contributed by atoms with van der Waals surface area (Å²) in [4.78, 5) is 33.2. The van der Waals surface area contributed by atoms with E-state index in [1.54, 1.807) is 24.3 Å². The van der Waals surface area contributed by atoms with Crippen molar-refractivity contribution in [1.29, 1.82) is 0 Å². The largest absolute Gasteiger partial charge is 0.433 e. The third-order valence-corrected chi connectivity index (χ3v) is 2.95. The van der Waals surface area contributed by atoms with E-state index in [4.69, 9.17) is 4.42 Å². The van der Waals surface area contributed by atoms with Gasteiger partial charge in [-0.3, -0.25) is 19.7 Å². The maximum Gasteiger partial charge on any atom is 0.433 e. The van der Waals surface area contributed by atoms with Gasteiger partial charge in [-0.05, 0) is 18.2 Å². The normalized spacial score (nSPS) is 9.54. The topological polar surface area (TPSA) is 114 Å². The number of benzene rings is 1. The molecule has 1 aromatic carbocycles. The molecule has 8 heteroatoms. The van der Waals surface area contributed by atoms with Gasteiger partial charge in [0.25, 0.3) is 11.8 Å². The van der Waals surface area contributed by atoms with Crippen LogP contribution in [0, 0.1) is 22.0 Å². The van der Waals surface area contributed by atoms with Crippen LogP contribution < -0.4 is 10.6 Å². The molecule has 2 amide bonds. The molecule has 2 rings (SSSR count). The first-order chi connectivity index (χ1) is 11.5. The molecule has 122 valence electrons. The molecule has 0 radical (unpaired) electrons. The van der Waals surface area contributed by atoms with Crippen LogP contribution in [0.1, 0.15) is 26.5 Å². The third kappa shape index (κ3) is 3.98. The standard InChI is InChI=1S/C16H13N3O5/c1-17-15(20)12-7-3-2-5-11(12)6-4-10-18-16(21)13-8-9-14(24-13)19(22)23/h2-3,5,7-9H,10H2,1H3,(H,17,20)(H,18,21). The summed E-state index contributed by atoms with van der Waals surface area (Å²) in [5.41, 5.74) is 0.959. The zero-order valence-corrected chi connectivity index (χ0v) is 12.7. The second-order valence-corrected chi connectivity index (χ2v) is 4.50. The molecule has 8 nitrogen and oxygen atoms in total. The van der Waals surface area contributed by atoms with Crippen molar-refractivity contribution in [2.24, 2.45) is 0 Å². The van der Waals surface area contributed by atoms with Crippen molar-refractivity contribution in [3.05, 3.63) is 63.4 Å². The van der Waals surface area contributed by atoms with Crippen molar-refractivity contribution in [1.82, 2.24) is 10.6 Å². The van der Waals surface area contributed by atoms with Crippen LogP contribution in [-0.2, 0) is 0 Å². The van der Waals surface area contributed by atoms with E-state index in [1.807, 2.05) is 0 Å². The Bertz CT molecular complexity index is 845. The molecule has 24 heavy (non-hydrogen) atoms. The Morgan fingerprint density at radius 1 is 1.21 bits per heavy atom. The van der Waals surface area contributed by atoms with Crippen LogP contribution in [-0.4, -0.2) is 30.3 Å². The van der Waals surface area contributed by atoms with E-state index in [0.717, 1.165) is 6.07 Å². The molecule has 0 fully saturated rings. The molecule has 2 N–H and O–H groups in total. The molecule has 0 aliphatic carbocycles. The van der Waals surface area contributed by atoms with E-state index in [2.05, 4.69) is 22.5 Å². The predicted molar refractivity (Wildman–Crippen MR) is 84.4 cm³/mol. The Hall–Kier alpha value is -3.60.